The predicted octanol–water partition coefficient (Wildman–Crippen LogP) is 2.18. The molecule has 1 aromatic rings. The maximum atomic E-state index is 12.4. The average molecular weight is 313 g/mol. The van der Waals surface area contributed by atoms with Crippen LogP contribution in [-0.2, 0) is 10.0 Å². The second-order valence-corrected chi connectivity index (χ2v) is 7.39. The zero-order valence-corrected chi connectivity index (χ0v) is 12.6. The highest BCUT2D eigenvalue weighted by atomic mass is 32.2. The number of nitrogen functional groups attached to an aromatic ring is 1. The van der Waals surface area contributed by atoms with E-state index in [1.807, 2.05) is 6.92 Å². The van der Waals surface area contributed by atoms with Crippen molar-refractivity contribution in [2.45, 2.75) is 49.5 Å². The fraction of sp³-hybridized carbons (Fsp3) is 0.538. The summed E-state index contributed by atoms with van der Waals surface area (Å²) in [5.41, 5.74) is 4.64. The van der Waals surface area contributed by atoms with Gasteiger partial charge >= 0.3 is 0 Å². The minimum Gasteiger partial charge on any atom is -0.393 e. The number of sulfonamides is 1. The van der Waals surface area contributed by atoms with Gasteiger partial charge in [-0.1, -0.05) is 19.3 Å². The Bertz CT molecular complexity index is 651. The highest BCUT2D eigenvalue weighted by molar-refractivity contribution is 7.89. The van der Waals surface area contributed by atoms with Crippen LogP contribution in [0.5, 0.6) is 0 Å². The Labute approximate surface area is 123 Å². The monoisotopic (exact) mass is 313 g/mol. The van der Waals surface area contributed by atoms with E-state index in [1.165, 1.54) is 6.07 Å². The molecular formula is C13H19N3O4S. The average Bonchev–Trinajstić information content (AvgIpc) is 2.37. The molecule has 3 N–H and O–H groups in total. The van der Waals surface area contributed by atoms with Crippen molar-refractivity contribution in [2.75, 3.05) is 5.73 Å². The standard InChI is InChI=1S/C13H19N3O4S/c1-13(7-3-2-4-8-13)15-21(19,20)10-5-6-12(16(17)18)11(14)9-10/h5-6,9,15H,2-4,7-8,14H2,1H3. The van der Waals surface area contributed by atoms with Crippen molar-refractivity contribution in [3.63, 3.8) is 0 Å². The Kier molecular flexibility index (Phi) is 4.20. The van der Waals surface area contributed by atoms with Gasteiger partial charge in [0.1, 0.15) is 5.69 Å². The number of nitrogens with one attached hydrogen (secondary N) is 1. The van der Waals surface area contributed by atoms with Gasteiger partial charge in [0, 0.05) is 11.6 Å². The maximum absolute atomic E-state index is 12.4. The quantitative estimate of drug-likeness (QED) is 0.502. The molecule has 7 nitrogen and oxygen atoms in total. The molecule has 8 heteroatoms. The molecule has 0 saturated heterocycles. The van der Waals surface area contributed by atoms with E-state index in [2.05, 4.69) is 4.72 Å². The van der Waals surface area contributed by atoms with Crippen LogP contribution in [0.2, 0.25) is 0 Å². The van der Waals surface area contributed by atoms with Crippen LogP contribution in [0.3, 0.4) is 0 Å². The Balaban J connectivity index is 2.27. The number of rotatable bonds is 4. The van der Waals surface area contributed by atoms with Gasteiger partial charge in [0.05, 0.1) is 9.82 Å². The van der Waals surface area contributed by atoms with E-state index in [9.17, 15) is 18.5 Å². The number of hydrogen-bond donors (Lipinski definition) is 2. The van der Waals surface area contributed by atoms with Crippen molar-refractivity contribution in [2.24, 2.45) is 0 Å². The molecule has 116 valence electrons. The van der Waals surface area contributed by atoms with E-state index in [0.29, 0.717) is 0 Å². The van der Waals surface area contributed by atoms with Crippen LogP contribution in [0, 0.1) is 10.1 Å². The number of nitrogens with two attached hydrogens (primary N) is 1. The fourth-order valence-electron chi connectivity index (χ4n) is 2.68. The Morgan fingerprint density at radius 3 is 2.43 bits per heavy atom. The van der Waals surface area contributed by atoms with Crippen LogP contribution in [0.1, 0.15) is 39.0 Å². The van der Waals surface area contributed by atoms with Crippen molar-refractivity contribution in [3.05, 3.63) is 28.3 Å². The van der Waals surface area contributed by atoms with E-state index >= 15 is 0 Å². The molecule has 0 heterocycles. The summed E-state index contributed by atoms with van der Waals surface area (Å²) in [6, 6.07) is 3.46. The van der Waals surface area contributed by atoms with E-state index in [0.717, 1.165) is 44.2 Å². The highest BCUT2D eigenvalue weighted by Crippen LogP contribution is 2.30. The first-order valence-corrected chi connectivity index (χ1v) is 8.30. The summed E-state index contributed by atoms with van der Waals surface area (Å²) in [4.78, 5) is 10.0. The number of nitro groups is 1. The third-order valence-electron chi connectivity index (χ3n) is 3.84. The number of nitrogens with zero attached hydrogens (tertiary/aromatic N) is 1. The molecule has 1 aromatic carbocycles. The molecule has 0 spiro atoms. The smallest absolute Gasteiger partial charge is 0.292 e. The number of benzene rings is 1. The summed E-state index contributed by atoms with van der Waals surface area (Å²) in [5.74, 6) is 0. The van der Waals surface area contributed by atoms with Crippen LogP contribution < -0.4 is 10.5 Å². The summed E-state index contributed by atoms with van der Waals surface area (Å²) < 4.78 is 27.5. The molecule has 21 heavy (non-hydrogen) atoms. The van der Waals surface area contributed by atoms with Gasteiger partial charge in [-0.3, -0.25) is 10.1 Å². The third-order valence-corrected chi connectivity index (χ3v) is 5.48. The first-order valence-electron chi connectivity index (χ1n) is 6.81. The van der Waals surface area contributed by atoms with Crippen molar-refractivity contribution in [1.29, 1.82) is 0 Å². The molecule has 0 unspecified atom stereocenters. The normalized spacial score (nSPS) is 18.3. The van der Waals surface area contributed by atoms with Gasteiger partial charge in [-0.2, -0.15) is 0 Å². The predicted molar refractivity (Wildman–Crippen MR) is 79.3 cm³/mol. The van der Waals surface area contributed by atoms with Crippen LogP contribution in [0.25, 0.3) is 0 Å². The molecule has 0 radical (unpaired) electrons. The van der Waals surface area contributed by atoms with Gasteiger partial charge in [-0.25, -0.2) is 13.1 Å². The Morgan fingerprint density at radius 2 is 1.90 bits per heavy atom. The van der Waals surface area contributed by atoms with Crippen molar-refractivity contribution >= 4 is 21.4 Å². The summed E-state index contributed by atoms with van der Waals surface area (Å²) in [6.07, 6.45) is 4.66. The minimum absolute atomic E-state index is 0.0441. The van der Waals surface area contributed by atoms with Gasteiger partial charge in [0.25, 0.3) is 5.69 Å². The topological polar surface area (TPSA) is 115 Å². The van der Waals surface area contributed by atoms with E-state index in [4.69, 9.17) is 5.73 Å². The number of nitro benzene ring substituents is 1. The highest BCUT2D eigenvalue weighted by Gasteiger charge is 2.32. The second kappa shape index (κ2) is 5.61. The third kappa shape index (κ3) is 3.51. The van der Waals surface area contributed by atoms with Crippen LogP contribution >= 0.6 is 0 Å². The van der Waals surface area contributed by atoms with Gasteiger partial charge in [0.15, 0.2) is 0 Å². The van der Waals surface area contributed by atoms with E-state index in [1.54, 1.807) is 0 Å². The van der Waals surface area contributed by atoms with Crippen LogP contribution in [0.15, 0.2) is 23.1 Å². The molecule has 0 atom stereocenters. The van der Waals surface area contributed by atoms with Gasteiger partial charge in [0.2, 0.25) is 10.0 Å². The van der Waals surface area contributed by atoms with Crippen LogP contribution in [0.4, 0.5) is 11.4 Å². The van der Waals surface area contributed by atoms with Crippen molar-refractivity contribution < 1.29 is 13.3 Å². The van der Waals surface area contributed by atoms with Crippen LogP contribution in [-0.4, -0.2) is 18.9 Å². The zero-order valence-electron chi connectivity index (χ0n) is 11.8. The molecule has 1 saturated carbocycles. The van der Waals surface area contributed by atoms with E-state index in [-0.39, 0.29) is 16.3 Å². The molecule has 1 aliphatic rings. The van der Waals surface area contributed by atoms with Crippen molar-refractivity contribution in [3.8, 4) is 0 Å². The summed E-state index contributed by atoms with van der Waals surface area (Å²) in [7, 11) is -3.74. The Morgan fingerprint density at radius 1 is 1.29 bits per heavy atom. The zero-order chi connectivity index (χ0) is 15.7. The summed E-state index contributed by atoms with van der Waals surface area (Å²) >= 11 is 0. The molecule has 0 aliphatic heterocycles. The van der Waals surface area contributed by atoms with E-state index < -0.39 is 20.5 Å². The second-order valence-electron chi connectivity index (χ2n) is 5.70. The molecule has 0 bridgehead atoms. The molecular weight excluding hydrogens is 294 g/mol. The molecule has 0 aromatic heterocycles. The lowest BCUT2D eigenvalue weighted by atomic mass is 9.84. The van der Waals surface area contributed by atoms with Gasteiger partial charge < -0.3 is 5.73 Å². The van der Waals surface area contributed by atoms with Gasteiger partial charge in [-0.05, 0) is 31.9 Å². The Hall–Kier alpha value is -1.67. The first-order chi connectivity index (χ1) is 9.73. The molecule has 0 amide bonds. The molecule has 1 aliphatic carbocycles. The van der Waals surface area contributed by atoms with Crippen molar-refractivity contribution in [1.82, 2.24) is 4.72 Å². The SMILES string of the molecule is CC1(NS(=O)(=O)c2ccc([N+](=O)[O-])c(N)c2)CCCCC1. The fourth-order valence-corrected chi connectivity index (χ4v) is 4.18. The maximum Gasteiger partial charge on any atom is 0.292 e. The lowest BCUT2D eigenvalue weighted by Gasteiger charge is -2.34. The summed E-state index contributed by atoms with van der Waals surface area (Å²) in [6.45, 7) is 1.89. The lowest BCUT2D eigenvalue weighted by molar-refractivity contribution is -0.383. The minimum atomic E-state index is -3.74. The summed E-state index contributed by atoms with van der Waals surface area (Å²) in [5, 5.41) is 10.7. The largest absolute Gasteiger partial charge is 0.393 e. The van der Waals surface area contributed by atoms with Gasteiger partial charge in [-0.15, -0.1) is 0 Å². The lowest BCUT2D eigenvalue weighted by Crippen LogP contribution is -2.47. The first kappa shape index (κ1) is 15.7. The number of anilines is 1. The molecule has 1 fully saturated rings. The number of hydrogen-bond acceptors (Lipinski definition) is 5. The molecule has 2 rings (SSSR count).